The zero-order valence-corrected chi connectivity index (χ0v) is 28.0. The lowest BCUT2D eigenvalue weighted by molar-refractivity contribution is -0.0620. The topological polar surface area (TPSA) is 143 Å². The number of hydrogen-bond acceptors (Lipinski definition) is 10. The fraction of sp³-hybridized carbons (Fsp3) is 0.132. The number of ether oxygens (including phenoxy) is 4. The summed E-state index contributed by atoms with van der Waals surface area (Å²) in [5.74, 6) is -2.25. The Bertz CT molecular complexity index is 2330. The fourth-order valence-corrected chi connectivity index (χ4v) is 6.90. The van der Waals surface area contributed by atoms with Crippen molar-refractivity contribution in [2.24, 2.45) is 0 Å². The van der Waals surface area contributed by atoms with Crippen LogP contribution in [0.25, 0.3) is 21.3 Å². The molecular formula is C38H27ClN2O9S. The molecule has 6 aromatic rings. The molecule has 3 heterocycles. The Morgan fingerprint density at radius 3 is 1.82 bits per heavy atom. The van der Waals surface area contributed by atoms with E-state index in [4.69, 9.17) is 30.5 Å². The Labute approximate surface area is 298 Å². The third-order valence-corrected chi connectivity index (χ3v) is 9.46. The maximum Gasteiger partial charge on any atom is 0.338 e. The highest BCUT2D eigenvalue weighted by molar-refractivity contribution is 7.17. The van der Waals surface area contributed by atoms with Gasteiger partial charge >= 0.3 is 23.6 Å². The predicted octanol–water partition coefficient (Wildman–Crippen LogP) is 6.28. The molecular weight excluding hydrogens is 696 g/mol. The van der Waals surface area contributed by atoms with E-state index in [-0.39, 0.29) is 26.9 Å². The van der Waals surface area contributed by atoms with Gasteiger partial charge in [0.15, 0.2) is 18.4 Å². The summed E-state index contributed by atoms with van der Waals surface area (Å²) in [6.45, 7) is -0.453. The van der Waals surface area contributed by atoms with Crippen molar-refractivity contribution in [1.29, 1.82) is 0 Å². The number of hydrogen-bond donors (Lipinski definition) is 1. The van der Waals surface area contributed by atoms with Gasteiger partial charge in [-0.3, -0.25) is 14.3 Å². The van der Waals surface area contributed by atoms with Crippen molar-refractivity contribution in [3.63, 3.8) is 0 Å². The molecule has 256 valence electrons. The highest BCUT2D eigenvalue weighted by Gasteiger charge is 2.52. The second kappa shape index (κ2) is 14.6. The molecule has 7 rings (SSSR count). The van der Waals surface area contributed by atoms with Gasteiger partial charge in [0.2, 0.25) is 0 Å². The van der Waals surface area contributed by atoms with Crippen LogP contribution in [0.15, 0.2) is 130 Å². The number of nitrogens with one attached hydrogen (secondary N) is 1. The van der Waals surface area contributed by atoms with Gasteiger partial charge < -0.3 is 18.9 Å². The van der Waals surface area contributed by atoms with Gasteiger partial charge in [-0.1, -0.05) is 78.3 Å². The molecule has 0 radical (unpaired) electrons. The Morgan fingerprint density at radius 2 is 1.25 bits per heavy atom. The number of esters is 3. The lowest BCUT2D eigenvalue weighted by Crippen LogP contribution is -2.43. The molecule has 1 N–H and O–H groups in total. The van der Waals surface area contributed by atoms with Crippen LogP contribution in [0.4, 0.5) is 0 Å². The van der Waals surface area contributed by atoms with E-state index < -0.39 is 60.3 Å². The summed E-state index contributed by atoms with van der Waals surface area (Å²) in [4.78, 5) is 69.5. The summed E-state index contributed by atoms with van der Waals surface area (Å²) in [6.07, 6.45) is -5.59. The van der Waals surface area contributed by atoms with Gasteiger partial charge in [-0.25, -0.2) is 19.2 Å². The molecule has 1 aliphatic heterocycles. The van der Waals surface area contributed by atoms with E-state index in [1.807, 2.05) is 0 Å². The van der Waals surface area contributed by atoms with E-state index in [9.17, 15) is 24.0 Å². The molecule has 0 spiro atoms. The molecule has 2 aromatic heterocycles. The van der Waals surface area contributed by atoms with Crippen molar-refractivity contribution in [1.82, 2.24) is 9.55 Å². The van der Waals surface area contributed by atoms with Crippen molar-refractivity contribution in [3.8, 4) is 11.1 Å². The number of rotatable bonds is 9. The first kappa shape index (κ1) is 33.7. The SMILES string of the molecule is O=C(OC[C@H]1O[C@@H](n2c(=O)[nH]c(=O)c3scc(-c4ccc(Cl)cc4)c32)[C@H](OC(=O)c2ccccc2)[C@@H]1OC(=O)c1ccccc1)c1ccccc1. The lowest BCUT2D eigenvalue weighted by Gasteiger charge is -2.25. The van der Waals surface area contributed by atoms with Crippen LogP contribution in [0.5, 0.6) is 0 Å². The van der Waals surface area contributed by atoms with Crippen LogP contribution in [-0.4, -0.2) is 52.4 Å². The first-order valence-corrected chi connectivity index (χ1v) is 17.0. The van der Waals surface area contributed by atoms with Crippen LogP contribution in [-0.2, 0) is 18.9 Å². The average Bonchev–Trinajstić information content (AvgIpc) is 3.74. The van der Waals surface area contributed by atoms with Gasteiger partial charge in [-0.2, -0.15) is 0 Å². The smallest absolute Gasteiger partial charge is 0.338 e. The summed E-state index contributed by atoms with van der Waals surface area (Å²) in [5, 5.41) is 2.20. The molecule has 4 aromatic carbocycles. The predicted molar refractivity (Wildman–Crippen MR) is 189 cm³/mol. The number of thiophene rings is 1. The van der Waals surface area contributed by atoms with Crippen LogP contribution in [0.1, 0.15) is 37.3 Å². The zero-order valence-electron chi connectivity index (χ0n) is 26.5. The third kappa shape index (κ3) is 6.97. The van der Waals surface area contributed by atoms with E-state index in [1.54, 1.807) is 121 Å². The molecule has 1 saturated heterocycles. The van der Waals surface area contributed by atoms with Gasteiger partial charge in [0.05, 0.1) is 22.2 Å². The molecule has 0 saturated carbocycles. The van der Waals surface area contributed by atoms with Gasteiger partial charge in [-0.15, -0.1) is 11.3 Å². The zero-order chi connectivity index (χ0) is 35.5. The second-order valence-corrected chi connectivity index (χ2v) is 12.8. The first-order valence-electron chi connectivity index (χ1n) is 15.7. The first-order chi connectivity index (χ1) is 24.8. The minimum absolute atomic E-state index is 0.180. The number of benzene rings is 4. The minimum atomic E-state index is -1.48. The Kier molecular flexibility index (Phi) is 9.62. The van der Waals surface area contributed by atoms with Gasteiger partial charge in [0.1, 0.15) is 17.4 Å². The van der Waals surface area contributed by atoms with Crippen LogP contribution in [0.2, 0.25) is 5.02 Å². The average molecular weight is 723 g/mol. The molecule has 1 aliphatic rings. The lowest BCUT2D eigenvalue weighted by atomic mass is 10.1. The number of nitrogens with zero attached hydrogens (tertiary/aromatic N) is 1. The number of carbonyl (C=O) groups excluding carboxylic acids is 3. The molecule has 0 amide bonds. The van der Waals surface area contributed by atoms with Crippen molar-refractivity contribution in [2.45, 2.75) is 24.5 Å². The summed E-state index contributed by atoms with van der Waals surface area (Å²) < 4.78 is 25.5. The number of aromatic amines is 1. The van der Waals surface area contributed by atoms with Crippen LogP contribution in [0, 0.1) is 0 Å². The second-order valence-electron chi connectivity index (χ2n) is 11.5. The highest BCUT2D eigenvalue weighted by atomic mass is 35.5. The molecule has 4 atom stereocenters. The molecule has 1 fully saturated rings. The Balaban J connectivity index is 1.36. The number of H-pyrrole nitrogens is 1. The van der Waals surface area contributed by atoms with E-state index in [0.29, 0.717) is 16.1 Å². The standard InChI is InChI=1S/C38H27ClN2O9S/c39-26-18-16-22(17-19-26)27-21-51-32-29(27)41(38(46)40-33(32)42)34-31(50-37(45)25-14-8-3-9-15-25)30(49-36(44)24-12-6-2-7-13-24)28(48-34)20-47-35(43)23-10-4-1-5-11-23/h1-19,21,28,30-31,34H,20H2,(H,40,42,46)/t28-,30-,31-,34-/m1/s1. The quantitative estimate of drug-likeness (QED) is 0.135. The highest BCUT2D eigenvalue weighted by Crippen LogP contribution is 2.39. The van der Waals surface area contributed by atoms with Crippen LogP contribution in [0.3, 0.4) is 0 Å². The number of carbonyl (C=O) groups is 3. The molecule has 0 aliphatic carbocycles. The molecule has 0 bridgehead atoms. The van der Waals surface area contributed by atoms with Gasteiger partial charge in [0, 0.05) is 16.0 Å². The van der Waals surface area contributed by atoms with E-state index >= 15 is 0 Å². The summed E-state index contributed by atoms with van der Waals surface area (Å²) >= 11 is 7.25. The van der Waals surface area contributed by atoms with Crippen LogP contribution < -0.4 is 11.2 Å². The number of halogens is 1. The van der Waals surface area contributed by atoms with Gasteiger partial charge in [0.25, 0.3) is 5.56 Å². The van der Waals surface area contributed by atoms with Crippen molar-refractivity contribution in [2.75, 3.05) is 6.61 Å². The van der Waals surface area contributed by atoms with E-state index in [1.165, 1.54) is 4.57 Å². The summed E-state index contributed by atoms with van der Waals surface area (Å²) in [6, 6.07) is 31.3. The van der Waals surface area contributed by atoms with Gasteiger partial charge in [-0.05, 0) is 54.1 Å². The number of fused-ring (bicyclic) bond motifs is 1. The van der Waals surface area contributed by atoms with Crippen molar-refractivity contribution in [3.05, 3.63) is 163 Å². The molecule has 13 heteroatoms. The molecule has 11 nitrogen and oxygen atoms in total. The minimum Gasteiger partial charge on any atom is -0.459 e. The van der Waals surface area contributed by atoms with Crippen molar-refractivity contribution >= 4 is 51.1 Å². The maximum atomic E-state index is 13.9. The molecule has 0 unspecified atom stereocenters. The third-order valence-electron chi connectivity index (χ3n) is 8.24. The fourth-order valence-electron chi connectivity index (χ4n) is 5.81. The van der Waals surface area contributed by atoms with E-state index in [2.05, 4.69) is 4.98 Å². The summed E-state index contributed by atoms with van der Waals surface area (Å²) in [7, 11) is 0. The molecule has 51 heavy (non-hydrogen) atoms. The number of aromatic nitrogens is 2. The van der Waals surface area contributed by atoms with E-state index in [0.717, 1.165) is 11.3 Å². The Morgan fingerprint density at radius 1 is 0.725 bits per heavy atom. The largest absolute Gasteiger partial charge is 0.459 e. The maximum absolute atomic E-state index is 13.9. The summed E-state index contributed by atoms with van der Waals surface area (Å²) in [5.41, 5.74) is 0.470. The monoisotopic (exact) mass is 722 g/mol. The van der Waals surface area contributed by atoms with Crippen molar-refractivity contribution < 1.29 is 33.3 Å². The normalized spacial score (nSPS) is 18.3. The Hall–Kier alpha value is -5.82. The van der Waals surface area contributed by atoms with Crippen LogP contribution >= 0.6 is 22.9 Å².